The standard InChI is InChI=1S/C61H85N3O2S2/c1-7-11-15-19-23-27-31-48(32-28-24-20-16-12-8-2)64-51-43-45(5)33-36-49(51)50-37-35-47(44-52(50)64)53-39-40-55(68-53)59-57-56(60(65)63(59)42-30-26-22-18-14-10-4)58(54-38-34-46(6)67-54)62(61(57)66)41-29-25-21-17-13-9-3/h33-40,43-44,48H,7-32,41-42H2,1-6H3. The van der Waals surface area contributed by atoms with Crippen molar-refractivity contribution in [1.29, 1.82) is 0 Å². The van der Waals surface area contributed by atoms with Crippen LogP contribution < -0.4 is 0 Å². The Labute approximate surface area is 419 Å². The Bertz CT molecular complexity index is 2460. The lowest BCUT2D eigenvalue weighted by molar-refractivity contribution is -0.124. The van der Waals surface area contributed by atoms with E-state index >= 15 is 9.59 Å². The van der Waals surface area contributed by atoms with Gasteiger partial charge in [0.25, 0.3) is 11.8 Å². The Morgan fingerprint density at radius 1 is 0.441 bits per heavy atom. The Morgan fingerprint density at radius 3 is 1.37 bits per heavy atom. The van der Waals surface area contributed by atoms with Crippen LogP contribution in [0, 0.1) is 13.8 Å². The highest BCUT2D eigenvalue weighted by atomic mass is 32.1. The maximum atomic E-state index is 15.0. The van der Waals surface area contributed by atoms with Crippen LogP contribution in [0.15, 0.2) is 71.8 Å². The van der Waals surface area contributed by atoms with Crippen LogP contribution in [0.25, 0.3) is 43.6 Å². The smallest absolute Gasteiger partial charge is 0.261 e. The van der Waals surface area contributed by atoms with Gasteiger partial charge in [0.05, 0.1) is 37.8 Å². The third-order valence-corrected chi connectivity index (χ3v) is 17.0. The highest BCUT2D eigenvalue weighted by molar-refractivity contribution is 7.16. The zero-order chi connectivity index (χ0) is 47.8. The molecular formula is C61H85N3O2S2. The van der Waals surface area contributed by atoms with Gasteiger partial charge in [-0.2, -0.15) is 0 Å². The number of rotatable bonds is 32. The molecule has 3 aromatic heterocycles. The average Bonchev–Trinajstić information content (AvgIpc) is 4.17. The molecule has 0 atom stereocenters. The summed E-state index contributed by atoms with van der Waals surface area (Å²) in [5.41, 5.74) is 8.14. The van der Waals surface area contributed by atoms with Crippen molar-refractivity contribution in [3.63, 3.8) is 0 Å². The monoisotopic (exact) mass is 956 g/mol. The SMILES string of the molecule is CCCCCCCCC(CCCCCCCC)n1c2cc(C)ccc2c2ccc(-c3ccc(C4=C5C(=O)N(CCCCCCCC)C(c6ccc(C)s6)=C5C(=O)N4CCCCCCCC)s3)cc21. The van der Waals surface area contributed by atoms with Crippen LogP contribution in [-0.4, -0.2) is 39.3 Å². The third kappa shape index (κ3) is 12.5. The Hall–Kier alpha value is -3.94. The van der Waals surface area contributed by atoms with E-state index in [1.807, 2.05) is 9.80 Å². The van der Waals surface area contributed by atoms with Crippen molar-refractivity contribution >= 4 is 67.7 Å². The Balaban J connectivity index is 1.27. The summed E-state index contributed by atoms with van der Waals surface area (Å²) in [5, 5.41) is 2.68. The van der Waals surface area contributed by atoms with E-state index in [1.54, 1.807) is 22.7 Å². The molecule has 368 valence electrons. The average molecular weight is 957 g/mol. The molecular weight excluding hydrogens is 871 g/mol. The Morgan fingerprint density at radius 2 is 0.868 bits per heavy atom. The second-order valence-electron chi connectivity index (χ2n) is 20.4. The van der Waals surface area contributed by atoms with Gasteiger partial charge in [0.1, 0.15) is 0 Å². The summed E-state index contributed by atoms with van der Waals surface area (Å²) in [5.74, 6) is 0.00251. The lowest BCUT2D eigenvalue weighted by Gasteiger charge is -2.24. The summed E-state index contributed by atoms with van der Waals surface area (Å²) < 4.78 is 2.75. The summed E-state index contributed by atoms with van der Waals surface area (Å²) in [4.78, 5) is 38.5. The second-order valence-corrected chi connectivity index (χ2v) is 22.7. The van der Waals surface area contributed by atoms with Crippen LogP contribution in [0.5, 0.6) is 0 Å². The molecule has 0 saturated carbocycles. The van der Waals surface area contributed by atoms with Gasteiger partial charge in [-0.05, 0) is 87.1 Å². The molecule has 2 amide bonds. The lowest BCUT2D eigenvalue weighted by Crippen LogP contribution is -2.30. The van der Waals surface area contributed by atoms with Crippen LogP contribution >= 0.6 is 22.7 Å². The molecule has 5 aromatic rings. The first-order valence-electron chi connectivity index (χ1n) is 27.6. The molecule has 7 rings (SSSR count). The van der Waals surface area contributed by atoms with Crippen LogP contribution in [0.1, 0.15) is 221 Å². The fourth-order valence-electron chi connectivity index (χ4n) is 11.0. The van der Waals surface area contributed by atoms with E-state index in [1.165, 1.54) is 184 Å². The van der Waals surface area contributed by atoms with E-state index in [9.17, 15) is 0 Å². The summed E-state index contributed by atoms with van der Waals surface area (Å²) in [6.07, 6.45) is 32.0. The fourth-order valence-corrected chi connectivity index (χ4v) is 13.0. The number of hydrogen-bond donors (Lipinski definition) is 0. The molecule has 2 aliphatic heterocycles. The van der Waals surface area contributed by atoms with Gasteiger partial charge in [-0.1, -0.05) is 193 Å². The van der Waals surface area contributed by atoms with Crippen molar-refractivity contribution in [3.05, 3.63) is 92.0 Å². The van der Waals surface area contributed by atoms with Crippen molar-refractivity contribution in [2.45, 2.75) is 215 Å². The number of thiophene rings is 2. The normalized spacial score (nSPS) is 14.2. The number of unbranched alkanes of at least 4 members (excludes halogenated alkanes) is 20. The van der Waals surface area contributed by atoms with Gasteiger partial charge >= 0.3 is 0 Å². The van der Waals surface area contributed by atoms with Crippen LogP contribution in [0.3, 0.4) is 0 Å². The summed E-state index contributed by atoms with van der Waals surface area (Å²) in [7, 11) is 0. The molecule has 0 bridgehead atoms. The van der Waals surface area contributed by atoms with Gasteiger partial charge in [-0.25, -0.2) is 0 Å². The van der Waals surface area contributed by atoms with Crippen LogP contribution in [0.2, 0.25) is 0 Å². The summed E-state index contributed by atoms with van der Waals surface area (Å²) >= 11 is 3.45. The van der Waals surface area contributed by atoms with E-state index in [0.717, 1.165) is 46.8 Å². The van der Waals surface area contributed by atoms with Gasteiger partial charge in [0, 0.05) is 45.2 Å². The molecule has 68 heavy (non-hydrogen) atoms. The van der Waals surface area contributed by atoms with E-state index < -0.39 is 0 Å². The highest BCUT2D eigenvalue weighted by Gasteiger charge is 2.49. The van der Waals surface area contributed by atoms with Crippen molar-refractivity contribution in [2.24, 2.45) is 0 Å². The van der Waals surface area contributed by atoms with Crippen LogP contribution in [-0.2, 0) is 9.59 Å². The topological polar surface area (TPSA) is 45.6 Å². The number of fused-ring (bicyclic) bond motifs is 4. The summed E-state index contributed by atoms with van der Waals surface area (Å²) in [6, 6.07) is 23.4. The molecule has 0 N–H and O–H groups in total. The fraction of sp³-hybridized carbons (Fsp3) is 0.574. The van der Waals surface area contributed by atoms with Crippen molar-refractivity contribution < 1.29 is 9.59 Å². The van der Waals surface area contributed by atoms with Crippen molar-refractivity contribution in [1.82, 2.24) is 14.4 Å². The molecule has 5 heterocycles. The van der Waals surface area contributed by atoms with E-state index in [4.69, 9.17) is 0 Å². The maximum absolute atomic E-state index is 15.0. The first kappa shape index (κ1) is 51.9. The molecule has 2 aromatic carbocycles. The maximum Gasteiger partial charge on any atom is 0.261 e. The minimum atomic E-state index is 0.00126. The first-order chi connectivity index (χ1) is 33.3. The molecule has 0 radical (unpaired) electrons. The molecule has 0 unspecified atom stereocenters. The van der Waals surface area contributed by atoms with E-state index in [-0.39, 0.29) is 11.8 Å². The second kappa shape index (κ2) is 26.3. The quantitative estimate of drug-likeness (QED) is 0.0403. The van der Waals surface area contributed by atoms with E-state index in [0.29, 0.717) is 30.3 Å². The number of hydrogen-bond acceptors (Lipinski definition) is 4. The molecule has 0 spiro atoms. The number of aryl methyl sites for hydroxylation is 2. The largest absolute Gasteiger partial charge is 0.337 e. The minimum Gasteiger partial charge on any atom is -0.337 e. The molecule has 2 aliphatic rings. The number of amides is 2. The van der Waals surface area contributed by atoms with Gasteiger partial charge in [-0.15, -0.1) is 22.7 Å². The molecule has 5 nitrogen and oxygen atoms in total. The molecule has 0 aliphatic carbocycles. The number of benzene rings is 2. The van der Waals surface area contributed by atoms with E-state index in [2.05, 4.69) is 107 Å². The third-order valence-electron chi connectivity index (χ3n) is 14.9. The molecule has 0 fully saturated rings. The van der Waals surface area contributed by atoms with Crippen LogP contribution in [0.4, 0.5) is 0 Å². The Kier molecular flexibility index (Phi) is 20.1. The highest BCUT2D eigenvalue weighted by Crippen LogP contribution is 2.50. The predicted molar refractivity (Wildman–Crippen MR) is 296 cm³/mol. The van der Waals surface area contributed by atoms with Gasteiger partial charge < -0.3 is 14.4 Å². The number of aromatic nitrogens is 1. The first-order valence-corrected chi connectivity index (χ1v) is 29.3. The van der Waals surface area contributed by atoms with Crippen molar-refractivity contribution in [3.8, 4) is 10.4 Å². The van der Waals surface area contributed by atoms with Gasteiger partial charge in [0.2, 0.25) is 0 Å². The zero-order valence-corrected chi connectivity index (χ0v) is 44.8. The lowest BCUT2D eigenvalue weighted by atomic mass is 9.99. The van der Waals surface area contributed by atoms with Gasteiger partial charge in [0.15, 0.2) is 0 Å². The number of nitrogens with zero attached hydrogens (tertiary/aromatic N) is 3. The predicted octanol–water partition coefficient (Wildman–Crippen LogP) is 18.8. The van der Waals surface area contributed by atoms with Gasteiger partial charge in [-0.3, -0.25) is 9.59 Å². The zero-order valence-electron chi connectivity index (χ0n) is 43.1. The minimum absolute atomic E-state index is 0.00126. The summed E-state index contributed by atoms with van der Waals surface area (Å²) in [6.45, 7) is 14.8. The number of carbonyl (C=O) groups excluding carboxylic acids is 2. The molecule has 0 saturated heterocycles. The number of carbonyl (C=O) groups is 2. The van der Waals surface area contributed by atoms with Crippen molar-refractivity contribution in [2.75, 3.05) is 13.1 Å². The molecule has 7 heteroatoms.